The van der Waals surface area contributed by atoms with Gasteiger partial charge in [0, 0.05) is 33.4 Å². The minimum absolute atomic E-state index is 1.02. The highest BCUT2D eigenvalue weighted by molar-refractivity contribution is 7.26. The van der Waals surface area contributed by atoms with Crippen LogP contribution in [0.1, 0.15) is 0 Å². The molecule has 0 N–H and O–H groups in total. The van der Waals surface area contributed by atoms with Crippen LogP contribution in [0.4, 0.5) is 0 Å². The Labute approximate surface area is 221 Å². The summed E-state index contributed by atoms with van der Waals surface area (Å²) < 4.78 is 3.69. The van der Waals surface area contributed by atoms with E-state index in [2.05, 4.69) is 118 Å². The minimum atomic E-state index is 1.02. The molecule has 0 amide bonds. The summed E-state index contributed by atoms with van der Waals surface area (Å²) in [5, 5.41) is 12.6. The van der Waals surface area contributed by atoms with Crippen molar-refractivity contribution in [2.24, 2.45) is 0 Å². The zero-order valence-corrected chi connectivity index (χ0v) is 21.0. The highest BCUT2D eigenvalue weighted by Gasteiger charge is 2.19. The molecule has 176 valence electrons. The molecule has 3 aromatic heterocycles. The molecule has 3 nitrogen and oxygen atoms in total. The van der Waals surface area contributed by atoms with Crippen LogP contribution in [0.15, 0.2) is 116 Å². The molecule has 0 spiro atoms. The zero-order valence-electron chi connectivity index (χ0n) is 20.2. The van der Waals surface area contributed by atoms with Gasteiger partial charge in [0.2, 0.25) is 0 Å². The summed E-state index contributed by atoms with van der Waals surface area (Å²) in [4.78, 5) is 9.92. The Morgan fingerprint density at radius 1 is 0.526 bits per heavy atom. The summed E-state index contributed by atoms with van der Waals surface area (Å²) in [5.74, 6) is 0. The van der Waals surface area contributed by atoms with Crippen molar-refractivity contribution in [3.05, 3.63) is 116 Å². The SMILES string of the molecule is c1ccc2c(c1)c1ccccc1c1cc(-n3c4ccccc4c4ccc5c6cncnc6sc5c43)ccc21. The molecule has 0 atom stereocenters. The lowest BCUT2D eigenvalue weighted by molar-refractivity contribution is 1.19. The average molecular weight is 502 g/mol. The van der Waals surface area contributed by atoms with Crippen LogP contribution in [0, 0.1) is 0 Å². The number of benzene rings is 6. The highest BCUT2D eigenvalue weighted by atomic mass is 32.1. The second-order valence-corrected chi connectivity index (χ2v) is 10.9. The number of fused-ring (bicyclic) bond motifs is 13. The van der Waals surface area contributed by atoms with Gasteiger partial charge in [0.25, 0.3) is 0 Å². The number of aromatic nitrogens is 3. The maximum Gasteiger partial charge on any atom is 0.127 e. The number of para-hydroxylation sites is 1. The van der Waals surface area contributed by atoms with Crippen molar-refractivity contribution in [2.75, 3.05) is 0 Å². The van der Waals surface area contributed by atoms with Crippen LogP contribution in [0.2, 0.25) is 0 Å². The van der Waals surface area contributed by atoms with Crippen LogP contribution in [0.3, 0.4) is 0 Å². The van der Waals surface area contributed by atoms with Gasteiger partial charge in [0.1, 0.15) is 11.2 Å². The van der Waals surface area contributed by atoms with Crippen molar-refractivity contribution in [3.63, 3.8) is 0 Å². The van der Waals surface area contributed by atoms with E-state index in [9.17, 15) is 0 Å². The van der Waals surface area contributed by atoms with Crippen molar-refractivity contribution >= 4 is 85.8 Å². The van der Waals surface area contributed by atoms with E-state index in [4.69, 9.17) is 0 Å². The number of hydrogen-bond acceptors (Lipinski definition) is 3. The predicted octanol–water partition coefficient (Wildman–Crippen LogP) is 9.40. The summed E-state index contributed by atoms with van der Waals surface area (Å²) >= 11 is 1.75. The Balaban J connectivity index is 1.48. The average Bonchev–Trinajstić information content (AvgIpc) is 3.53. The van der Waals surface area contributed by atoms with Gasteiger partial charge in [-0.3, -0.25) is 0 Å². The molecule has 0 aliphatic rings. The molecule has 38 heavy (non-hydrogen) atoms. The Kier molecular flexibility index (Phi) is 3.93. The van der Waals surface area contributed by atoms with Crippen LogP contribution >= 0.6 is 11.3 Å². The largest absolute Gasteiger partial charge is 0.308 e. The molecule has 0 aliphatic heterocycles. The summed E-state index contributed by atoms with van der Waals surface area (Å²) in [5.41, 5.74) is 3.61. The number of nitrogens with zero attached hydrogens (tertiary/aromatic N) is 3. The topological polar surface area (TPSA) is 30.7 Å². The van der Waals surface area contributed by atoms with E-state index in [-0.39, 0.29) is 0 Å². The van der Waals surface area contributed by atoms with Gasteiger partial charge in [-0.1, -0.05) is 84.9 Å². The minimum Gasteiger partial charge on any atom is -0.308 e. The first-order valence-electron chi connectivity index (χ1n) is 12.7. The normalized spacial score (nSPS) is 12.2. The van der Waals surface area contributed by atoms with Gasteiger partial charge < -0.3 is 4.57 Å². The molecular formula is C34H19N3S. The Hall–Kier alpha value is -4.80. The van der Waals surface area contributed by atoms with Crippen molar-refractivity contribution in [3.8, 4) is 5.69 Å². The van der Waals surface area contributed by atoms with Crippen molar-refractivity contribution in [1.29, 1.82) is 0 Å². The molecule has 6 aromatic carbocycles. The van der Waals surface area contributed by atoms with Crippen molar-refractivity contribution in [2.45, 2.75) is 0 Å². The van der Waals surface area contributed by atoms with Crippen LogP contribution in [0.5, 0.6) is 0 Å². The molecule has 9 aromatic rings. The van der Waals surface area contributed by atoms with E-state index in [0.29, 0.717) is 0 Å². The molecule has 0 aliphatic carbocycles. The van der Waals surface area contributed by atoms with E-state index >= 15 is 0 Å². The molecule has 0 bridgehead atoms. The van der Waals surface area contributed by atoms with Gasteiger partial charge >= 0.3 is 0 Å². The van der Waals surface area contributed by atoms with Crippen LogP contribution < -0.4 is 0 Å². The van der Waals surface area contributed by atoms with Crippen LogP contribution in [-0.2, 0) is 0 Å². The summed E-state index contributed by atoms with van der Waals surface area (Å²) in [6.07, 6.45) is 3.58. The Morgan fingerprint density at radius 3 is 1.89 bits per heavy atom. The maximum atomic E-state index is 4.58. The smallest absolute Gasteiger partial charge is 0.127 e. The van der Waals surface area contributed by atoms with Crippen molar-refractivity contribution in [1.82, 2.24) is 14.5 Å². The summed E-state index contributed by atoms with van der Waals surface area (Å²) in [6.45, 7) is 0. The Bertz CT molecular complexity index is 2380. The molecular weight excluding hydrogens is 482 g/mol. The quantitative estimate of drug-likeness (QED) is 0.210. The monoisotopic (exact) mass is 501 g/mol. The molecule has 0 fully saturated rings. The van der Waals surface area contributed by atoms with Crippen molar-refractivity contribution < 1.29 is 0 Å². The fourth-order valence-corrected chi connectivity index (χ4v) is 7.48. The van der Waals surface area contributed by atoms with Gasteiger partial charge in [-0.15, -0.1) is 11.3 Å². The third-order valence-corrected chi connectivity index (χ3v) is 9.08. The molecule has 0 saturated carbocycles. The van der Waals surface area contributed by atoms with Crippen LogP contribution in [-0.4, -0.2) is 14.5 Å². The van der Waals surface area contributed by atoms with Gasteiger partial charge in [-0.25, -0.2) is 9.97 Å². The number of hydrogen-bond donors (Lipinski definition) is 0. The maximum absolute atomic E-state index is 4.58. The zero-order chi connectivity index (χ0) is 24.8. The summed E-state index contributed by atoms with van der Waals surface area (Å²) in [7, 11) is 0. The molecule has 0 radical (unpaired) electrons. The molecule has 0 saturated heterocycles. The fraction of sp³-hybridized carbons (Fsp3) is 0. The van der Waals surface area contributed by atoms with E-state index < -0.39 is 0 Å². The molecule has 4 heteroatoms. The third-order valence-electron chi connectivity index (χ3n) is 7.94. The highest BCUT2D eigenvalue weighted by Crippen LogP contribution is 2.43. The van der Waals surface area contributed by atoms with Gasteiger partial charge in [-0.05, 0) is 50.5 Å². The summed E-state index contributed by atoms with van der Waals surface area (Å²) in [6, 6.07) is 37.7. The van der Waals surface area contributed by atoms with Gasteiger partial charge in [0.05, 0.1) is 15.7 Å². The van der Waals surface area contributed by atoms with E-state index in [1.54, 1.807) is 17.7 Å². The number of rotatable bonds is 1. The van der Waals surface area contributed by atoms with E-state index in [0.717, 1.165) is 10.2 Å². The predicted molar refractivity (Wildman–Crippen MR) is 162 cm³/mol. The first-order chi connectivity index (χ1) is 18.9. The second-order valence-electron chi connectivity index (χ2n) is 9.86. The van der Waals surface area contributed by atoms with Gasteiger partial charge in [0.15, 0.2) is 0 Å². The third kappa shape index (κ3) is 2.57. The Morgan fingerprint density at radius 2 is 1.13 bits per heavy atom. The molecule has 0 unspecified atom stereocenters. The second kappa shape index (κ2) is 7.37. The number of thiophene rings is 1. The lowest BCUT2D eigenvalue weighted by Gasteiger charge is -2.14. The van der Waals surface area contributed by atoms with E-state index in [1.165, 1.54) is 69.9 Å². The molecule has 9 rings (SSSR count). The van der Waals surface area contributed by atoms with Gasteiger partial charge in [-0.2, -0.15) is 0 Å². The lowest BCUT2D eigenvalue weighted by Crippen LogP contribution is -1.94. The molecule has 3 heterocycles. The lowest BCUT2D eigenvalue weighted by atomic mass is 9.94. The first-order valence-corrected chi connectivity index (χ1v) is 13.6. The van der Waals surface area contributed by atoms with E-state index in [1.807, 2.05) is 6.20 Å². The fourth-order valence-electron chi connectivity index (χ4n) is 6.33. The standard InChI is InChI=1S/C34H19N3S/c1-2-9-23-21(7-1)22-8-3-4-10-24(22)29-17-20(13-14-25(23)29)37-31-12-6-5-11-26(31)27-15-16-28-30-18-35-19-36-34(30)38-33(28)32(27)37/h1-19H. The first kappa shape index (κ1) is 20.3. The van der Waals surface area contributed by atoms with Crippen LogP contribution in [0.25, 0.3) is 80.1 Å².